The lowest BCUT2D eigenvalue weighted by Gasteiger charge is -2.05. The van der Waals surface area contributed by atoms with E-state index in [4.69, 9.17) is 4.42 Å². The minimum atomic E-state index is -0.252. The molecule has 0 atom stereocenters. The van der Waals surface area contributed by atoms with Gasteiger partial charge in [-0.15, -0.1) is 11.3 Å². The molecule has 0 radical (unpaired) electrons. The summed E-state index contributed by atoms with van der Waals surface area (Å²) in [5.41, 5.74) is 0. The fourth-order valence-corrected chi connectivity index (χ4v) is 2.52. The van der Waals surface area contributed by atoms with Gasteiger partial charge in [0.05, 0.1) is 6.26 Å². The summed E-state index contributed by atoms with van der Waals surface area (Å²) >= 11 is 1.69. The third-order valence-corrected chi connectivity index (χ3v) is 3.82. The van der Waals surface area contributed by atoms with Gasteiger partial charge in [-0.3, -0.25) is 9.59 Å². The number of carbonyl (C=O) groups is 2. The van der Waals surface area contributed by atoms with Gasteiger partial charge in [0.1, 0.15) is 0 Å². The number of rotatable bonds is 8. The van der Waals surface area contributed by atoms with Crippen molar-refractivity contribution < 1.29 is 14.0 Å². The van der Waals surface area contributed by atoms with Gasteiger partial charge in [-0.25, -0.2) is 0 Å². The number of carbonyl (C=O) groups excluding carboxylic acids is 2. The highest BCUT2D eigenvalue weighted by Gasteiger charge is 2.07. The molecule has 21 heavy (non-hydrogen) atoms. The van der Waals surface area contributed by atoms with Crippen molar-refractivity contribution in [3.8, 4) is 0 Å². The summed E-state index contributed by atoms with van der Waals surface area (Å²) in [5.74, 6) is 0.0484. The lowest BCUT2D eigenvalue weighted by molar-refractivity contribution is -0.121. The van der Waals surface area contributed by atoms with Crippen LogP contribution in [0.5, 0.6) is 0 Å². The van der Waals surface area contributed by atoms with Gasteiger partial charge in [0.15, 0.2) is 5.76 Å². The minimum Gasteiger partial charge on any atom is -0.459 e. The number of hydrogen-bond acceptors (Lipinski definition) is 4. The van der Waals surface area contributed by atoms with Crippen molar-refractivity contribution in [1.82, 2.24) is 10.6 Å². The minimum absolute atomic E-state index is 0.0128. The second kappa shape index (κ2) is 8.26. The second-order valence-electron chi connectivity index (χ2n) is 4.52. The highest BCUT2D eigenvalue weighted by molar-refractivity contribution is 7.09. The molecule has 0 saturated carbocycles. The Labute approximate surface area is 127 Å². The summed E-state index contributed by atoms with van der Waals surface area (Å²) < 4.78 is 4.97. The second-order valence-corrected chi connectivity index (χ2v) is 5.55. The van der Waals surface area contributed by atoms with Crippen LogP contribution in [0.25, 0.3) is 0 Å². The maximum absolute atomic E-state index is 11.6. The fraction of sp³-hybridized carbons (Fsp3) is 0.333. The van der Waals surface area contributed by atoms with Crippen molar-refractivity contribution in [3.63, 3.8) is 0 Å². The molecule has 0 saturated heterocycles. The molecule has 5 nitrogen and oxygen atoms in total. The molecule has 0 aromatic carbocycles. The Hall–Kier alpha value is -2.08. The molecule has 0 aliphatic carbocycles. The van der Waals surface area contributed by atoms with Crippen molar-refractivity contribution in [2.75, 3.05) is 13.1 Å². The molecule has 6 heteroatoms. The zero-order chi connectivity index (χ0) is 14.9. The Bertz CT molecular complexity index is 550. The van der Waals surface area contributed by atoms with E-state index in [1.807, 2.05) is 11.4 Å². The third-order valence-electron chi connectivity index (χ3n) is 2.88. The summed E-state index contributed by atoms with van der Waals surface area (Å²) in [7, 11) is 0. The topological polar surface area (TPSA) is 71.3 Å². The Kier molecular flexibility index (Phi) is 6.02. The highest BCUT2D eigenvalue weighted by atomic mass is 32.1. The summed E-state index contributed by atoms with van der Waals surface area (Å²) in [6, 6.07) is 7.33. The zero-order valence-corrected chi connectivity index (χ0v) is 12.4. The van der Waals surface area contributed by atoms with E-state index in [1.165, 1.54) is 11.1 Å². The standard InChI is InChI=1S/C15H18N2O3S/c18-14(16-9-7-12-4-3-11-21-12)6-1-8-17-15(19)13-5-2-10-20-13/h2-5,10-11H,1,6-9H2,(H,16,18)(H,17,19). The predicted molar refractivity (Wildman–Crippen MR) is 81.3 cm³/mol. The average Bonchev–Trinajstić information content (AvgIpc) is 3.16. The van der Waals surface area contributed by atoms with Gasteiger partial charge in [-0.05, 0) is 36.4 Å². The van der Waals surface area contributed by atoms with Gasteiger partial charge in [-0.2, -0.15) is 0 Å². The molecule has 2 aromatic heterocycles. The zero-order valence-electron chi connectivity index (χ0n) is 11.6. The number of hydrogen-bond donors (Lipinski definition) is 2. The molecule has 2 amide bonds. The van der Waals surface area contributed by atoms with Crippen LogP contribution in [0.2, 0.25) is 0 Å². The van der Waals surface area contributed by atoms with E-state index in [9.17, 15) is 9.59 Å². The normalized spacial score (nSPS) is 10.3. The van der Waals surface area contributed by atoms with Crippen molar-refractivity contribution in [2.24, 2.45) is 0 Å². The highest BCUT2D eigenvalue weighted by Crippen LogP contribution is 2.08. The van der Waals surface area contributed by atoms with E-state index < -0.39 is 0 Å². The first kappa shape index (κ1) is 15.3. The van der Waals surface area contributed by atoms with E-state index in [0.29, 0.717) is 25.9 Å². The van der Waals surface area contributed by atoms with Crippen LogP contribution in [0.1, 0.15) is 28.3 Å². The molecule has 112 valence electrons. The Morgan fingerprint density at radius 2 is 2.05 bits per heavy atom. The molecule has 2 rings (SSSR count). The van der Waals surface area contributed by atoms with Gasteiger partial charge < -0.3 is 15.1 Å². The van der Waals surface area contributed by atoms with Gasteiger partial charge in [0.2, 0.25) is 5.91 Å². The SMILES string of the molecule is O=C(CCCNC(=O)c1ccco1)NCCc1cccs1. The van der Waals surface area contributed by atoms with Gasteiger partial charge in [0.25, 0.3) is 5.91 Å². The van der Waals surface area contributed by atoms with Crippen LogP contribution < -0.4 is 10.6 Å². The largest absolute Gasteiger partial charge is 0.459 e. The first-order valence-corrected chi connectivity index (χ1v) is 7.74. The van der Waals surface area contributed by atoms with Crippen LogP contribution in [-0.4, -0.2) is 24.9 Å². The molecule has 0 unspecified atom stereocenters. The van der Waals surface area contributed by atoms with Gasteiger partial charge >= 0.3 is 0 Å². The quantitative estimate of drug-likeness (QED) is 0.735. The molecule has 0 aliphatic heterocycles. The summed E-state index contributed by atoms with van der Waals surface area (Å²) in [6.45, 7) is 1.11. The van der Waals surface area contributed by atoms with Crippen LogP contribution in [-0.2, 0) is 11.2 Å². The number of furan rings is 1. The van der Waals surface area contributed by atoms with Gasteiger partial charge in [-0.1, -0.05) is 6.07 Å². The molecule has 2 aromatic rings. The predicted octanol–water partition coefficient (Wildman–Crippen LogP) is 2.21. The molecule has 0 bridgehead atoms. The van der Waals surface area contributed by atoms with Crippen molar-refractivity contribution in [2.45, 2.75) is 19.3 Å². The summed E-state index contributed by atoms with van der Waals surface area (Å²) in [5, 5.41) is 7.61. The maximum atomic E-state index is 11.6. The van der Waals surface area contributed by atoms with E-state index in [0.717, 1.165) is 6.42 Å². The maximum Gasteiger partial charge on any atom is 0.286 e. The Morgan fingerprint density at radius 1 is 1.14 bits per heavy atom. The van der Waals surface area contributed by atoms with E-state index in [1.54, 1.807) is 23.5 Å². The smallest absolute Gasteiger partial charge is 0.286 e. The van der Waals surface area contributed by atoms with Crippen LogP contribution in [0.3, 0.4) is 0 Å². The molecular weight excluding hydrogens is 288 g/mol. The average molecular weight is 306 g/mol. The molecule has 0 aliphatic rings. The summed E-state index contributed by atoms with van der Waals surface area (Å²) in [4.78, 5) is 24.4. The molecule has 2 heterocycles. The molecule has 0 fully saturated rings. The number of nitrogens with one attached hydrogen (secondary N) is 2. The van der Waals surface area contributed by atoms with Crippen LogP contribution in [0, 0.1) is 0 Å². The van der Waals surface area contributed by atoms with Crippen LogP contribution >= 0.6 is 11.3 Å². The van der Waals surface area contributed by atoms with Gasteiger partial charge in [0, 0.05) is 24.4 Å². The van der Waals surface area contributed by atoms with E-state index >= 15 is 0 Å². The molecule has 2 N–H and O–H groups in total. The van der Waals surface area contributed by atoms with Crippen molar-refractivity contribution >= 4 is 23.2 Å². The monoisotopic (exact) mass is 306 g/mol. The first-order chi connectivity index (χ1) is 10.3. The number of amides is 2. The first-order valence-electron chi connectivity index (χ1n) is 6.86. The van der Waals surface area contributed by atoms with E-state index in [-0.39, 0.29) is 17.6 Å². The van der Waals surface area contributed by atoms with E-state index in [2.05, 4.69) is 16.7 Å². The van der Waals surface area contributed by atoms with Crippen LogP contribution in [0.15, 0.2) is 40.3 Å². The third kappa shape index (κ3) is 5.43. The summed E-state index contributed by atoms with van der Waals surface area (Å²) in [6.07, 6.45) is 3.33. The lowest BCUT2D eigenvalue weighted by Crippen LogP contribution is -2.28. The van der Waals surface area contributed by atoms with Crippen molar-refractivity contribution in [3.05, 3.63) is 46.5 Å². The molecule has 0 spiro atoms. The number of thiophene rings is 1. The fourth-order valence-electron chi connectivity index (χ4n) is 1.81. The Balaban J connectivity index is 1.52. The van der Waals surface area contributed by atoms with Crippen LogP contribution in [0.4, 0.5) is 0 Å². The molecular formula is C15H18N2O3S. The van der Waals surface area contributed by atoms with Crippen molar-refractivity contribution in [1.29, 1.82) is 0 Å². The Morgan fingerprint density at radius 3 is 2.76 bits per heavy atom. The lowest BCUT2D eigenvalue weighted by atomic mass is 10.2.